The topological polar surface area (TPSA) is 23.1 Å². The van der Waals surface area contributed by atoms with E-state index < -0.39 is 8.15 Å². The van der Waals surface area contributed by atoms with Crippen molar-refractivity contribution in [2.75, 3.05) is 26.5 Å². The van der Waals surface area contributed by atoms with Gasteiger partial charge in [-0.2, -0.15) is 0 Å². The summed E-state index contributed by atoms with van der Waals surface area (Å²) in [5.74, 6) is 0. The Kier molecular flexibility index (Phi) is 4.80. The van der Waals surface area contributed by atoms with E-state index in [-0.39, 0.29) is 11.0 Å². The van der Waals surface area contributed by atoms with Crippen molar-refractivity contribution in [3.63, 3.8) is 0 Å². The van der Waals surface area contributed by atoms with Gasteiger partial charge in [0.15, 0.2) is 0 Å². The average molecular weight is 233 g/mol. The summed E-state index contributed by atoms with van der Waals surface area (Å²) in [4.78, 5) is 12.1. The van der Waals surface area contributed by atoms with Gasteiger partial charge in [0.25, 0.3) is 0 Å². The van der Waals surface area contributed by atoms with Gasteiger partial charge in [0.1, 0.15) is 0 Å². The molecule has 0 heterocycles. The fourth-order valence-corrected chi connectivity index (χ4v) is 3.56. The monoisotopic (exact) mass is 233 g/mol. The van der Waals surface area contributed by atoms with E-state index in [2.05, 4.69) is 55.6 Å². The van der Waals surface area contributed by atoms with Gasteiger partial charge in [-0.15, -0.1) is 8.15 Å². The SMILES string of the molecule is CC(C)(C)CP([O-])C[N+](C)(C)C(C)(C)C. The summed E-state index contributed by atoms with van der Waals surface area (Å²) in [6.45, 7) is 13.1. The van der Waals surface area contributed by atoms with Gasteiger partial charge in [0, 0.05) is 0 Å². The van der Waals surface area contributed by atoms with Gasteiger partial charge < -0.3 is 9.38 Å². The van der Waals surface area contributed by atoms with Gasteiger partial charge in [-0.25, -0.2) is 0 Å². The van der Waals surface area contributed by atoms with E-state index in [0.29, 0.717) is 0 Å². The summed E-state index contributed by atoms with van der Waals surface area (Å²) in [6, 6.07) is 0. The average Bonchev–Trinajstić information content (AvgIpc) is 1.75. The van der Waals surface area contributed by atoms with Crippen LogP contribution < -0.4 is 4.89 Å². The van der Waals surface area contributed by atoms with Gasteiger partial charge in [0.05, 0.1) is 25.9 Å². The third-order valence-corrected chi connectivity index (χ3v) is 5.30. The highest BCUT2D eigenvalue weighted by Gasteiger charge is 2.32. The lowest BCUT2D eigenvalue weighted by atomic mass is 10.0. The first-order valence-electron chi connectivity index (χ1n) is 5.60. The maximum absolute atomic E-state index is 12.1. The molecule has 0 saturated heterocycles. The Bertz CT molecular complexity index is 201. The summed E-state index contributed by atoms with van der Waals surface area (Å²) in [7, 11) is 3.23. The second kappa shape index (κ2) is 4.69. The van der Waals surface area contributed by atoms with Crippen LogP contribution in [0.15, 0.2) is 0 Å². The molecule has 0 amide bonds. The van der Waals surface area contributed by atoms with Crippen molar-refractivity contribution in [1.29, 1.82) is 0 Å². The molecule has 0 spiro atoms. The Morgan fingerprint density at radius 2 is 1.40 bits per heavy atom. The maximum atomic E-state index is 12.1. The second-order valence-corrected chi connectivity index (χ2v) is 8.76. The van der Waals surface area contributed by atoms with Crippen LogP contribution in [0.4, 0.5) is 0 Å². The molecule has 0 rings (SSSR count). The summed E-state index contributed by atoms with van der Waals surface area (Å²) in [6.07, 6.45) is 1.59. The molecule has 0 aromatic carbocycles. The van der Waals surface area contributed by atoms with E-state index >= 15 is 0 Å². The van der Waals surface area contributed by atoms with Crippen LogP contribution in [-0.2, 0) is 0 Å². The van der Waals surface area contributed by atoms with Crippen molar-refractivity contribution in [2.24, 2.45) is 5.41 Å². The summed E-state index contributed by atoms with van der Waals surface area (Å²) < 4.78 is 0.818. The largest absolute Gasteiger partial charge is 0.825 e. The van der Waals surface area contributed by atoms with Crippen LogP contribution in [0.2, 0.25) is 0 Å². The van der Waals surface area contributed by atoms with Crippen LogP contribution in [0, 0.1) is 5.41 Å². The second-order valence-electron chi connectivity index (χ2n) is 7.20. The highest BCUT2D eigenvalue weighted by Crippen LogP contribution is 2.38. The molecule has 0 aliphatic rings. The highest BCUT2D eigenvalue weighted by atomic mass is 31.1. The van der Waals surface area contributed by atoms with Crippen LogP contribution in [0.25, 0.3) is 0 Å². The lowest BCUT2D eigenvalue weighted by Gasteiger charge is -2.47. The van der Waals surface area contributed by atoms with Crippen molar-refractivity contribution in [3.05, 3.63) is 0 Å². The van der Waals surface area contributed by atoms with Gasteiger partial charge in [-0.1, -0.05) is 20.8 Å². The lowest BCUT2D eigenvalue weighted by Crippen LogP contribution is -2.55. The van der Waals surface area contributed by atoms with Crippen molar-refractivity contribution < 1.29 is 9.38 Å². The molecule has 0 aliphatic carbocycles. The molecule has 0 aliphatic heterocycles. The Labute approximate surface area is 97.1 Å². The first kappa shape index (κ1) is 15.3. The molecule has 2 nitrogen and oxygen atoms in total. The predicted molar refractivity (Wildman–Crippen MR) is 68.0 cm³/mol. The van der Waals surface area contributed by atoms with E-state index in [1.54, 1.807) is 0 Å². The normalized spacial score (nSPS) is 16.6. The molecule has 0 radical (unpaired) electrons. The number of hydrogen-bond acceptors (Lipinski definition) is 1. The number of quaternary nitrogens is 1. The number of rotatable bonds is 3. The molecule has 3 heteroatoms. The quantitative estimate of drug-likeness (QED) is 0.543. The van der Waals surface area contributed by atoms with Crippen molar-refractivity contribution in [1.82, 2.24) is 0 Å². The summed E-state index contributed by atoms with van der Waals surface area (Å²) in [5.41, 5.74) is 0.328. The van der Waals surface area contributed by atoms with Gasteiger partial charge in [-0.3, -0.25) is 0 Å². The van der Waals surface area contributed by atoms with Gasteiger partial charge in [-0.05, 0) is 32.3 Å². The van der Waals surface area contributed by atoms with Crippen LogP contribution in [0.5, 0.6) is 0 Å². The lowest BCUT2D eigenvalue weighted by molar-refractivity contribution is -0.925. The van der Waals surface area contributed by atoms with Crippen molar-refractivity contribution in [3.8, 4) is 0 Å². The zero-order valence-corrected chi connectivity index (χ0v) is 12.6. The summed E-state index contributed by atoms with van der Waals surface area (Å²) >= 11 is 0. The van der Waals surface area contributed by atoms with Crippen LogP contribution >= 0.6 is 8.15 Å². The third kappa shape index (κ3) is 5.85. The first-order valence-corrected chi connectivity index (χ1v) is 7.23. The van der Waals surface area contributed by atoms with Crippen molar-refractivity contribution in [2.45, 2.75) is 47.1 Å². The molecule has 92 valence electrons. The van der Waals surface area contributed by atoms with E-state index in [9.17, 15) is 4.89 Å². The van der Waals surface area contributed by atoms with Crippen LogP contribution in [-0.4, -0.2) is 36.6 Å². The van der Waals surface area contributed by atoms with E-state index in [4.69, 9.17) is 0 Å². The number of nitrogens with zero attached hydrogens (tertiary/aromatic N) is 1. The zero-order chi connectivity index (χ0) is 12.5. The zero-order valence-electron chi connectivity index (χ0n) is 11.7. The van der Waals surface area contributed by atoms with Crippen LogP contribution in [0.1, 0.15) is 41.5 Å². The minimum atomic E-state index is -1.10. The molecule has 0 bridgehead atoms. The molecule has 15 heavy (non-hydrogen) atoms. The predicted octanol–water partition coefficient (Wildman–Crippen LogP) is 2.62. The summed E-state index contributed by atoms with van der Waals surface area (Å²) in [5, 5.41) is 0. The third-order valence-electron chi connectivity index (χ3n) is 2.98. The molecule has 0 aromatic rings. The van der Waals surface area contributed by atoms with Crippen LogP contribution in [0.3, 0.4) is 0 Å². The Hall–Kier alpha value is 0.350. The van der Waals surface area contributed by atoms with E-state index in [1.807, 2.05) is 0 Å². The maximum Gasteiger partial charge on any atom is 0.0905 e. The highest BCUT2D eigenvalue weighted by molar-refractivity contribution is 7.49. The standard InChI is InChI=1S/C12H28NOP/c1-11(2,3)9-15(14)10-13(7,8)12(4,5)6/h9-10H2,1-8H3. The first-order chi connectivity index (χ1) is 6.35. The van der Waals surface area contributed by atoms with Gasteiger partial charge >= 0.3 is 0 Å². The molecule has 0 aromatic heterocycles. The fourth-order valence-electron chi connectivity index (χ4n) is 1.19. The molecular formula is C12H28NOP. The minimum Gasteiger partial charge on any atom is -0.825 e. The smallest absolute Gasteiger partial charge is 0.0905 e. The fraction of sp³-hybridized carbons (Fsp3) is 1.00. The Morgan fingerprint density at radius 3 is 1.67 bits per heavy atom. The Balaban J connectivity index is 4.36. The molecular weight excluding hydrogens is 205 g/mol. The van der Waals surface area contributed by atoms with Crippen molar-refractivity contribution >= 4 is 8.15 Å². The minimum absolute atomic E-state index is 0.156. The molecule has 0 saturated carbocycles. The van der Waals surface area contributed by atoms with E-state index in [0.717, 1.165) is 16.9 Å². The van der Waals surface area contributed by atoms with Gasteiger partial charge in [0.2, 0.25) is 0 Å². The molecule has 1 atom stereocenters. The molecule has 1 unspecified atom stereocenters. The molecule has 0 N–H and O–H groups in total. The Morgan fingerprint density at radius 1 is 1.00 bits per heavy atom. The van der Waals surface area contributed by atoms with E-state index in [1.165, 1.54) is 0 Å². The molecule has 0 fully saturated rings. The number of hydrogen-bond donors (Lipinski definition) is 0.